The third kappa shape index (κ3) is 7.67. The Morgan fingerprint density at radius 2 is 1.97 bits per heavy atom. The zero-order valence-corrected chi connectivity index (χ0v) is 19.5. The number of likely N-dealkylation sites (tertiary alicyclic amines) is 1. The van der Waals surface area contributed by atoms with Crippen molar-refractivity contribution in [2.75, 3.05) is 13.1 Å². The topological polar surface area (TPSA) is 86.7 Å². The van der Waals surface area contributed by atoms with Gasteiger partial charge in [-0.15, -0.1) is 0 Å². The molecule has 6 nitrogen and oxygen atoms in total. The van der Waals surface area contributed by atoms with Gasteiger partial charge in [0.15, 0.2) is 0 Å². The summed E-state index contributed by atoms with van der Waals surface area (Å²) in [6.07, 6.45) is 8.05. The average Bonchev–Trinajstić information content (AvgIpc) is 2.90. The van der Waals surface area contributed by atoms with Gasteiger partial charge in [0.1, 0.15) is 0 Å². The molecule has 0 saturated carbocycles. The highest BCUT2D eigenvalue weighted by Crippen LogP contribution is 2.20. The summed E-state index contributed by atoms with van der Waals surface area (Å²) in [4.78, 5) is 14.3. The minimum Gasteiger partial charge on any atom is -0.340 e. The number of carbonyl (C=O) groups is 1. The van der Waals surface area contributed by atoms with Crippen LogP contribution in [-0.4, -0.2) is 49.0 Å². The van der Waals surface area contributed by atoms with Crippen molar-refractivity contribution < 1.29 is 17.8 Å². The quantitative estimate of drug-likeness (QED) is 0.403. The first kappa shape index (κ1) is 24.8. The average molecular weight is 439 g/mol. The summed E-state index contributed by atoms with van der Waals surface area (Å²) in [6, 6.07) is 5.83. The van der Waals surface area contributed by atoms with E-state index in [1.54, 1.807) is 6.07 Å². The Morgan fingerprint density at radius 1 is 1.20 bits per heavy atom. The third-order valence-electron chi connectivity index (χ3n) is 5.90. The number of hydrogen-bond donors (Lipinski definition) is 2. The fourth-order valence-electron chi connectivity index (χ4n) is 4.24. The van der Waals surface area contributed by atoms with Crippen LogP contribution < -0.4 is 5.32 Å². The van der Waals surface area contributed by atoms with Crippen LogP contribution in [0.4, 0.5) is 0 Å². The fourth-order valence-corrected chi connectivity index (χ4v) is 5.04. The van der Waals surface area contributed by atoms with E-state index < -0.39 is 10.1 Å². The molecule has 1 amide bonds. The Bertz CT molecular complexity index is 794. The van der Waals surface area contributed by atoms with Gasteiger partial charge in [0.2, 0.25) is 5.91 Å². The summed E-state index contributed by atoms with van der Waals surface area (Å²) in [7, 11) is -4.21. The highest BCUT2D eigenvalue weighted by Gasteiger charge is 2.21. The van der Waals surface area contributed by atoms with Gasteiger partial charge in [0.25, 0.3) is 10.1 Å². The molecule has 1 aliphatic rings. The van der Waals surface area contributed by atoms with Gasteiger partial charge in [0.05, 0.1) is 4.90 Å². The Morgan fingerprint density at radius 3 is 2.67 bits per heavy atom. The predicted octanol–water partition coefficient (Wildman–Crippen LogP) is 3.98. The summed E-state index contributed by atoms with van der Waals surface area (Å²) < 4.78 is 33.0. The number of nitrogens with zero attached hydrogens (tertiary/aromatic N) is 1. The number of rotatable bonds is 11. The standard InChI is InChI=1S/C23H38N2O4S/c1-4-9-21-13-12-20(17-22(21)30(27,28)29)16-18(2)24-14-8-10-19(3)25-15-7-5-6-11-23(25)26/h12-13,17-19,24H,4-11,14-16H2,1-3H3,(H,27,28,29). The van der Waals surface area contributed by atoms with E-state index in [1.807, 2.05) is 24.0 Å². The van der Waals surface area contributed by atoms with E-state index in [9.17, 15) is 17.8 Å². The second-order valence-corrected chi connectivity index (χ2v) is 10.0. The molecule has 2 N–H and O–H groups in total. The van der Waals surface area contributed by atoms with Crippen molar-refractivity contribution in [2.45, 2.75) is 95.5 Å². The van der Waals surface area contributed by atoms with E-state index in [2.05, 4.69) is 19.2 Å². The molecule has 1 aromatic carbocycles. The van der Waals surface area contributed by atoms with Crippen LogP contribution in [0.5, 0.6) is 0 Å². The van der Waals surface area contributed by atoms with Gasteiger partial charge in [-0.2, -0.15) is 8.42 Å². The molecule has 2 unspecified atom stereocenters. The number of carbonyl (C=O) groups excluding carboxylic acids is 1. The largest absolute Gasteiger partial charge is 0.340 e. The van der Waals surface area contributed by atoms with Crippen LogP contribution in [0.3, 0.4) is 0 Å². The van der Waals surface area contributed by atoms with Gasteiger partial charge in [-0.25, -0.2) is 0 Å². The van der Waals surface area contributed by atoms with Gasteiger partial charge >= 0.3 is 0 Å². The molecule has 0 aliphatic carbocycles. The molecular formula is C23H38N2O4S. The smallest absolute Gasteiger partial charge is 0.294 e. The van der Waals surface area contributed by atoms with E-state index in [-0.39, 0.29) is 17.0 Å². The van der Waals surface area contributed by atoms with Crippen LogP contribution in [-0.2, 0) is 27.8 Å². The lowest BCUT2D eigenvalue weighted by molar-refractivity contribution is -0.132. The minimum absolute atomic E-state index is 0.0324. The number of aryl methyl sites for hydroxylation is 1. The van der Waals surface area contributed by atoms with E-state index in [1.165, 1.54) is 0 Å². The number of hydrogen-bond acceptors (Lipinski definition) is 4. The number of benzene rings is 1. The van der Waals surface area contributed by atoms with Crippen LogP contribution in [0, 0.1) is 0 Å². The highest BCUT2D eigenvalue weighted by molar-refractivity contribution is 7.85. The summed E-state index contributed by atoms with van der Waals surface area (Å²) >= 11 is 0. The van der Waals surface area contributed by atoms with Gasteiger partial charge in [-0.05, 0) is 76.1 Å². The predicted molar refractivity (Wildman–Crippen MR) is 120 cm³/mol. The lowest BCUT2D eigenvalue weighted by Crippen LogP contribution is -2.38. The molecular weight excluding hydrogens is 400 g/mol. The summed E-state index contributed by atoms with van der Waals surface area (Å²) in [5.41, 5.74) is 1.56. The van der Waals surface area contributed by atoms with Crippen molar-refractivity contribution in [3.63, 3.8) is 0 Å². The number of nitrogens with one attached hydrogen (secondary N) is 1. The normalized spacial score (nSPS) is 17.6. The van der Waals surface area contributed by atoms with E-state index in [4.69, 9.17) is 0 Å². The Kier molecular flexibility index (Phi) is 9.78. The van der Waals surface area contributed by atoms with E-state index in [0.29, 0.717) is 30.7 Å². The van der Waals surface area contributed by atoms with Gasteiger partial charge < -0.3 is 10.2 Å². The summed E-state index contributed by atoms with van der Waals surface area (Å²) in [6.45, 7) is 7.94. The molecule has 0 aromatic heterocycles. The van der Waals surface area contributed by atoms with Crippen LogP contribution in [0.25, 0.3) is 0 Å². The lowest BCUT2D eigenvalue weighted by atomic mass is 10.0. The van der Waals surface area contributed by atoms with Crippen LogP contribution in [0.15, 0.2) is 23.1 Å². The van der Waals surface area contributed by atoms with Crippen LogP contribution in [0.2, 0.25) is 0 Å². The van der Waals surface area contributed by atoms with Crippen molar-refractivity contribution in [3.05, 3.63) is 29.3 Å². The van der Waals surface area contributed by atoms with Gasteiger partial charge in [0, 0.05) is 25.0 Å². The molecule has 1 aromatic rings. The maximum absolute atomic E-state index is 12.2. The molecule has 7 heteroatoms. The van der Waals surface area contributed by atoms with E-state index >= 15 is 0 Å². The Labute approximate surface area is 182 Å². The summed E-state index contributed by atoms with van der Waals surface area (Å²) in [5, 5.41) is 3.50. The second kappa shape index (κ2) is 11.8. The minimum atomic E-state index is -4.21. The highest BCUT2D eigenvalue weighted by atomic mass is 32.2. The molecule has 30 heavy (non-hydrogen) atoms. The molecule has 0 radical (unpaired) electrons. The Balaban J connectivity index is 1.81. The number of amides is 1. The molecule has 1 fully saturated rings. The van der Waals surface area contributed by atoms with Crippen molar-refractivity contribution in [2.24, 2.45) is 0 Å². The molecule has 0 spiro atoms. The first-order valence-corrected chi connectivity index (χ1v) is 12.8. The molecule has 2 rings (SSSR count). The lowest BCUT2D eigenvalue weighted by Gasteiger charge is -2.28. The first-order chi connectivity index (χ1) is 14.2. The molecule has 170 valence electrons. The van der Waals surface area contributed by atoms with Crippen molar-refractivity contribution in [1.29, 1.82) is 0 Å². The van der Waals surface area contributed by atoms with Gasteiger partial charge in [-0.1, -0.05) is 31.9 Å². The maximum atomic E-state index is 12.2. The maximum Gasteiger partial charge on any atom is 0.294 e. The molecule has 2 atom stereocenters. The van der Waals surface area contributed by atoms with Crippen molar-refractivity contribution in [3.8, 4) is 0 Å². The third-order valence-corrected chi connectivity index (χ3v) is 6.84. The molecule has 0 bridgehead atoms. The zero-order chi connectivity index (χ0) is 22.1. The monoisotopic (exact) mass is 438 g/mol. The SMILES string of the molecule is CCCc1ccc(CC(C)NCCCC(C)N2CCCCCC2=O)cc1S(=O)(=O)O. The van der Waals surface area contributed by atoms with Crippen molar-refractivity contribution >= 4 is 16.0 Å². The Hall–Kier alpha value is -1.44. The fraction of sp³-hybridized carbons (Fsp3) is 0.696. The second-order valence-electron chi connectivity index (χ2n) is 8.62. The molecule has 1 aliphatic heterocycles. The van der Waals surface area contributed by atoms with Gasteiger partial charge in [-0.3, -0.25) is 9.35 Å². The van der Waals surface area contributed by atoms with Crippen molar-refractivity contribution in [1.82, 2.24) is 10.2 Å². The molecule has 1 saturated heterocycles. The van der Waals surface area contributed by atoms with Crippen LogP contribution in [0.1, 0.15) is 76.8 Å². The summed E-state index contributed by atoms with van der Waals surface area (Å²) in [5.74, 6) is 0.294. The zero-order valence-electron chi connectivity index (χ0n) is 18.7. The first-order valence-electron chi connectivity index (χ1n) is 11.3. The molecule has 1 heterocycles. The van der Waals surface area contributed by atoms with Crippen LogP contribution >= 0.6 is 0 Å². The van der Waals surface area contributed by atoms with E-state index in [0.717, 1.165) is 57.2 Å².